The predicted molar refractivity (Wildman–Crippen MR) is 134 cm³/mol. The van der Waals surface area contributed by atoms with Gasteiger partial charge in [0.2, 0.25) is 0 Å². The molecule has 1 fully saturated rings. The van der Waals surface area contributed by atoms with E-state index in [0.29, 0.717) is 12.1 Å². The van der Waals surface area contributed by atoms with Crippen molar-refractivity contribution in [1.82, 2.24) is 15.1 Å². The van der Waals surface area contributed by atoms with Crippen molar-refractivity contribution in [2.45, 2.75) is 38.3 Å². The average molecular weight is 456 g/mol. The molecule has 6 heteroatoms. The lowest BCUT2D eigenvalue weighted by Gasteiger charge is -2.41. The molecule has 1 saturated heterocycles. The van der Waals surface area contributed by atoms with Gasteiger partial charge in [0.1, 0.15) is 5.82 Å². The molecular formula is C26H34FN3OS. The van der Waals surface area contributed by atoms with Crippen LogP contribution in [0.4, 0.5) is 9.18 Å². The van der Waals surface area contributed by atoms with E-state index >= 15 is 0 Å². The number of halogens is 1. The Balaban J connectivity index is 0.00000141. The number of urea groups is 1. The zero-order valence-electron chi connectivity index (χ0n) is 19.4. The number of carbonyl (C=O) groups excluding carboxylic acids is 1. The van der Waals surface area contributed by atoms with Crippen molar-refractivity contribution in [3.63, 3.8) is 0 Å². The lowest BCUT2D eigenvalue weighted by atomic mass is 9.90. The standard InChI is InChI=1S/C25H30FN3O.CH4S/c1-18-9-10-23(26)22(15-18)19-16-25(2,20-7-5-4-6-8-20)29(17-19)24(30)28(3)21-11-13-27-14-12-21;1-2/h4-10,15-16,21,27H,11-14,17H2,1-3H3;2H,1H3. The van der Waals surface area contributed by atoms with Crippen LogP contribution in [0.15, 0.2) is 54.6 Å². The molecule has 0 aromatic heterocycles. The number of hydrogen-bond donors (Lipinski definition) is 2. The monoisotopic (exact) mass is 455 g/mol. The molecule has 2 aromatic carbocycles. The number of aryl methyl sites for hydroxylation is 1. The van der Waals surface area contributed by atoms with Gasteiger partial charge in [0, 0.05) is 25.2 Å². The zero-order valence-corrected chi connectivity index (χ0v) is 20.3. The topological polar surface area (TPSA) is 35.6 Å². The fourth-order valence-electron chi connectivity index (χ4n) is 4.67. The Morgan fingerprint density at radius 1 is 1.16 bits per heavy atom. The van der Waals surface area contributed by atoms with Crippen molar-refractivity contribution in [3.8, 4) is 0 Å². The average Bonchev–Trinajstić information content (AvgIpc) is 3.20. The van der Waals surface area contributed by atoms with Gasteiger partial charge >= 0.3 is 6.03 Å². The van der Waals surface area contributed by atoms with Gasteiger partial charge in [-0.05, 0) is 75.4 Å². The molecule has 4 rings (SSSR count). The first-order chi connectivity index (χ1) is 15.4. The van der Waals surface area contributed by atoms with Crippen molar-refractivity contribution < 1.29 is 9.18 Å². The zero-order chi connectivity index (χ0) is 23.3. The summed E-state index contributed by atoms with van der Waals surface area (Å²) in [6.07, 6.45) is 5.66. The van der Waals surface area contributed by atoms with Crippen LogP contribution in [0.25, 0.3) is 5.57 Å². The van der Waals surface area contributed by atoms with Crippen molar-refractivity contribution in [3.05, 3.63) is 77.1 Å². The first kappa shape index (κ1) is 24.3. The molecule has 0 bridgehead atoms. The molecular weight excluding hydrogens is 421 g/mol. The van der Waals surface area contributed by atoms with Gasteiger partial charge in [-0.15, -0.1) is 0 Å². The maximum atomic E-state index is 14.7. The summed E-state index contributed by atoms with van der Waals surface area (Å²) in [5.41, 5.74) is 2.84. The van der Waals surface area contributed by atoms with Crippen molar-refractivity contribution in [1.29, 1.82) is 0 Å². The van der Waals surface area contributed by atoms with Gasteiger partial charge in [0.25, 0.3) is 0 Å². The van der Waals surface area contributed by atoms with Gasteiger partial charge in [-0.25, -0.2) is 9.18 Å². The summed E-state index contributed by atoms with van der Waals surface area (Å²) >= 11 is 3.53. The largest absolute Gasteiger partial charge is 0.325 e. The van der Waals surface area contributed by atoms with Crippen LogP contribution in [0.3, 0.4) is 0 Å². The van der Waals surface area contributed by atoms with Crippen LogP contribution in [-0.2, 0) is 5.54 Å². The third kappa shape index (κ3) is 4.86. The first-order valence-electron chi connectivity index (χ1n) is 11.1. The second-order valence-electron chi connectivity index (χ2n) is 8.63. The van der Waals surface area contributed by atoms with Gasteiger partial charge in [-0.3, -0.25) is 0 Å². The van der Waals surface area contributed by atoms with E-state index in [-0.39, 0.29) is 17.9 Å². The summed E-state index contributed by atoms with van der Waals surface area (Å²) in [6, 6.07) is 15.4. The van der Waals surface area contributed by atoms with Gasteiger partial charge in [0.15, 0.2) is 0 Å². The molecule has 1 atom stereocenters. The van der Waals surface area contributed by atoms with Crippen molar-refractivity contribution in [2.24, 2.45) is 0 Å². The Morgan fingerprint density at radius 3 is 2.47 bits per heavy atom. The quantitative estimate of drug-likeness (QED) is 0.632. The normalized spacial score (nSPS) is 20.9. The highest BCUT2D eigenvalue weighted by Crippen LogP contribution is 2.41. The van der Waals surface area contributed by atoms with Crippen LogP contribution in [0, 0.1) is 12.7 Å². The third-order valence-corrected chi connectivity index (χ3v) is 6.56. The number of hydrogen-bond acceptors (Lipinski definition) is 3. The Hall–Kier alpha value is -2.31. The summed E-state index contributed by atoms with van der Waals surface area (Å²) < 4.78 is 14.7. The highest BCUT2D eigenvalue weighted by Gasteiger charge is 2.43. The minimum absolute atomic E-state index is 0.00688. The number of nitrogens with zero attached hydrogens (tertiary/aromatic N) is 2. The van der Waals surface area contributed by atoms with Crippen LogP contribution in [0.5, 0.6) is 0 Å². The van der Waals surface area contributed by atoms with Crippen LogP contribution in [-0.4, -0.2) is 54.8 Å². The minimum atomic E-state index is -0.634. The Morgan fingerprint density at radius 2 is 1.81 bits per heavy atom. The molecule has 0 saturated carbocycles. The van der Waals surface area contributed by atoms with E-state index in [9.17, 15) is 9.18 Å². The van der Waals surface area contributed by atoms with E-state index in [4.69, 9.17) is 0 Å². The van der Waals surface area contributed by atoms with Crippen LogP contribution < -0.4 is 5.32 Å². The first-order valence-corrected chi connectivity index (χ1v) is 12.0. The molecule has 2 aliphatic heterocycles. The molecule has 0 radical (unpaired) electrons. The predicted octanol–water partition coefficient (Wildman–Crippen LogP) is 5.10. The van der Waals surface area contributed by atoms with Crippen molar-refractivity contribution in [2.75, 3.05) is 32.9 Å². The fourth-order valence-corrected chi connectivity index (χ4v) is 4.67. The lowest BCUT2D eigenvalue weighted by Crippen LogP contribution is -2.53. The number of rotatable bonds is 3. The highest BCUT2D eigenvalue weighted by atomic mass is 32.1. The second kappa shape index (κ2) is 10.5. The molecule has 172 valence electrons. The van der Waals surface area contributed by atoms with Crippen LogP contribution in [0.1, 0.15) is 36.5 Å². The maximum Gasteiger partial charge on any atom is 0.321 e. The van der Waals surface area contributed by atoms with E-state index in [2.05, 4.69) is 30.9 Å². The molecule has 1 N–H and O–H groups in total. The molecule has 2 aliphatic rings. The lowest BCUT2D eigenvalue weighted by molar-refractivity contribution is 0.115. The Labute approximate surface area is 196 Å². The number of benzene rings is 2. The molecule has 2 amide bonds. The maximum absolute atomic E-state index is 14.7. The number of piperidine rings is 1. The molecule has 2 heterocycles. The number of amides is 2. The molecule has 1 unspecified atom stereocenters. The summed E-state index contributed by atoms with van der Waals surface area (Å²) in [7, 11) is 1.90. The smallest absolute Gasteiger partial charge is 0.321 e. The Bertz CT molecular complexity index is 959. The molecule has 0 aliphatic carbocycles. The van der Waals surface area contributed by atoms with E-state index in [1.165, 1.54) is 6.07 Å². The van der Waals surface area contributed by atoms with Gasteiger partial charge < -0.3 is 15.1 Å². The van der Waals surface area contributed by atoms with Crippen molar-refractivity contribution >= 4 is 24.2 Å². The van der Waals surface area contributed by atoms with Crippen LogP contribution in [0.2, 0.25) is 0 Å². The van der Waals surface area contributed by atoms with E-state index in [0.717, 1.165) is 42.6 Å². The van der Waals surface area contributed by atoms with Crippen LogP contribution >= 0.6 is 12.6 Å². The summed E-state index contributed by atoms with van der Waals surface area (Å²) in [5.74, 6) is -0.247. The molecule has 32 heavy (non-hydrogen) atoms. The fraction of sp³-hybridized carbons (Fsp3) is 0.423. The molecule has 4 nitrogen and oxygen atoms in total. The highest BCUT2D eigenvalue weighted by molar-refractivity contribution is 7.79. The number of carbonyl (C=O) groups is 1. The SMILES string of the molecule is CS.Cc1ccc(F)c(C2=CC(C)(c3ccccc3)N(C(=O)N(C)C3CCNCC3)C2)c1. The van der Waals surface area contributed by atoms with E-state index < -0.39 is 5.54 Å². The summed E-state index contributed by atoms with van der Waals surface area (Å²) in [6.45, 7) is 6.26. The minimum Gasteiger partial charge on any atom is -0.325 e. The summed E-state index contributed by atoms with van der Waals surface area (Å²) in [5, 5.41) is 3.36. The Kier molecular flexibility index (Phi) is 8.01. The molecule has 0 spiro atoms. The second-order valence-corrected chi connectivity index (χ2v) is 8.63. The number of nitrogens with one attached hydrogen (secondary N) is 1. The van der Waals surface area contributed by atoms with E-state index in [1.807, 2.05) is 60.2 Å². The number of thiol groups is 1. The third-order valence-electron chi connectivity index (χ3n) is 6.56. The summed E-state index contributed by atoms with van der Waals surface area (Å²) in [4.78, 5) is 17.4. The van der Waals surface area contributed by atoms with Gasteiger partial charge in [-0.2, -0.15) is 12.6 Å². The van der Waals surface area contributed by atoms with Gasteiger partial charge in [0.05, 0.1) is 5.54 Å². The van der Waals surface area contributed by atoms with Gasteiger partial charge in [-0.1, -0.05) is 42.0 Å². The van der Waals surface area contributed by atoms with E-state index in [1.54, 1.807) is 12.3 Å². The molecule has 2 aromatic rings.